The second kappa shape index (κ2) is 8.93. The molecule has 5 atom stereocenters. The number of carbonyl (C=O) groups excluding carboxylic acids is 4. The Kier molecular flexibility index (Phi) is 6.49. The Labute approximate surface area is 183 Å². The number of nitrogens with one attached hydrogen (secondary N) is 2. The summed E-state index contributed by atoms with van der Waals surface area (Å²) in [5.41, 5.74) is 6.20. The van der Waals surface area contributed by atoms with E-state index in [-0.39, 0.29) is 22.4 Å². The maximum absolute atomic E-state index is 13.0. The highest BCUT2D eigenvalue weighted by Crippen LogP contribution is 2.49. The van der Waals surface area contributed by atoms with Crippen molar-refractivity contribution in [1.29, 1.82) is 0 Å². The molecule has 3 rings (SSSR count). The van der Waals surface area contributed by atoms with Crippen molar-refractivity contribution in [2.75, 3.05) is 12.3 Å². The number of rotatable bonds is 8. The number of nitrogen functional groups attached to an aromatic ring is 1. The van der Waals surface area contributed by atoms with Crippen LogP contribution in [0.3, 0.4) is 0 Å². The highest BCUT2D eigenvalue weighted by atomic mass is 35.5. The number of amides is 3. The lowest BCUT2D eigenvalue weighted by Gasteiger charge is -2.30. The Balaban J connectivity index is 1.66. The van der Waals surface area contributed by atoms with E-state index < -0.39 is 48.2 Å². The Morgan fingerprint density at radius 3 is 2.65 bits per heavy atom. The van der Waals surface area contributed by atoms with E-state index in [1.54, 1.807) is 0 Å². The van der Waals surface area contributed by atoms with Gasteiger partial charge in [0.15, 0.2) is 0 Å². The van der Waals surface area contributed by atoms with Crippen LogP contribution >= 0.6 is 11.6 Å². The number of nitrogens with two attached hydrogens (primary N) is 1. The predicted octanol–water partition coefficient (Wildman–Crippen LogP) is 0.0458. The van der Waals surface area contributed by atoms with Crippen LogP contribution in [0, 0.1) is 11.8 Å². The number of hydrogen-bond acceptors (Lipinski definition) is 6. The molecule has 0 bridgehead atoms. The lowest BCUT2D eigenvalue weighted by Crippen LogP contribution is -2.55. The van der Waals surface area contributed by atoms with E-state index in [9.17, 15) is 24.0 Å². The highest BCUT2D eigenvalue weighted by Gasteiger charge is 2.57. The third kappa shape index (κ3) is 4.96. The highest BCUT2D eigenvalue weighted by molar-refractivity contribution is 6.33. The molecule has 1 saturated carbocycles. The van der Waals surface area contributed by atoms with E-state index in [4.69, 9.17) is 22.4 Å². The molecule has 1 saturated heterocycles. The normalized spacial score (nSPS) is 23.3. The first-order chi connectivity index (χ1) is 14.6. The standard InChI is InChI=1S/C20H23ClN4O6/c1-9(23-18(29)10-2-3-15(22)14(21)5-10)20(31)25-7-11-4-13(11)17(25)19(30)24-12(8-26)6-16(27)28/h2-3,5,8-9,11-13,17H,4,6-7,22H2,1H3,(H,23,29)(H,24,30)(H,27,28)/t9-,11+,12-,13+,17-/m0/s1. The minimum absolute atomic E-state index is 0.0418. The van der Waals surface area contributed by atoms with Gasteiger partial charge in [0.1, 0.15) is 18.4 Å². The molecule has 31 heavy (non-hydrogen) atoms. The summed E-state index contributed by atoms with van der Waals surface area (Å²) in [6.07, 6.45) is 0.593. The van der Waals surface area contributed by atoms with Gasteiger partial charge in [0.25, 0.3) is 5.91 Å². The third-order valence-electron chi connectivity index (χ3n) is 5.57. The Bertz CT molecular complexity index is 938. The van der Waals surface area contributed by atoms with Crippen molar-refractivity contribution >= 4 is 47.3 Å². The number of halogens is 1. The van der Waals surface area contributed by atoms with Crippen molar-refractivity contribution in [2.24, 2.45) is 11.8 Å². The predicted molar refractivity (Wildman–Crippen MR) is 110 cm³/mol. The van der Waals surface area contributed by atoms with Crippen LogP contribution < -0.4 is 16.4 Å². The van der Waals surface area contributed by atoms with Gasteiger partial charge in [-0.15, -0.1) is 0 Å². The smallest absolute Gasteiger partial charge is 0.305 e. The number of likely N-dealkylation sites (tertiary alicyclic amines) is 1. The zero-order valence-corrected chi connectivity index (χ0v) is 17.5. The van der Waals surface area contributed by atoms with Crippen LogP contribution in [0.5, 0.6) is 0 Å². The van der Waals surface area contributed by atoms with Crippen LogP contribution in [0.25, 0.3) is 0 Å². The summed E-state index contributed by atoms with van der Waals surface area (Å²) in [6, 6.07) is 1.46. The Hall–Kier alpha value is -3.14. The molecule has 3 amide bonds. The molecule has 1 aromatic rings. The molecule has 0 aromatic heterocycles. The molecule has 2 aliphatic rings. The number of piperidine rings is 1. The van der Waals surface area contributed by atoms with Crippen molar-refractivity contribution < 1.29 is 29.1 Å². The lowest BCUT2D eigenvalue weighted by atomic mass is 10.1. The monoisotopic (exact) mass is 450 g/mol. The molecular weight excluding hydrogens is 428 g/mol. The molecule has 0 unspecified atom stereocenters. The number of fused-ring (bicyclic) bond motifs is 1. The summed E-state index contributed by atoms with van der Waals surface area (Å²) in [4.78, 5) is 61.4. The molecular formula is C20H23ClN4O6. The average Bonchev–Trinajstić information content (AvgIpc) is 3.37. The number of aliphatic carboxylic acids is 1. The molecule has 1 aromatic carbocycles. The second-order valence-corrected chi connectivity index (χ2v) is 8.28. The summed E-state index contributed by atoms with van der Waals surface area (Å²) in [7, 11) is 0. The van der Waals surface area contributed by atoms with E-state index in [1.165, 1.54) is 30.0 Å². The molecule has 10 nitrogen and oxygen atoms in total. The number of aldehydes is 1. The summed E-state index contributed by atoms with van der Waals surface area (Å²) < 4.78 is 0. The van der Waals surface area contributed by atoms with E-state index in [2.05, 4.69) is 10.6 Å². The van der Waals surface area contributed by atoms with Gasteiger partial charge in [-0.3, -0.25) is 19.2 Å². The second-order valence-electron chi connectivity index (χ2n) is 7.88. The van der Waals surface area contributed by atoms with Crippen molar-refractivity contribution in [2.45, 2.75) is 37.9 Å². The van der Waals surface area contributed by atoms with Gasteiger partial charge in [-0.05, 0) is 43.4 Å². The van der Waals surface area contributed by atoms with Crippen LogP contribution in [-0.2, 0) is 19.2 Å². The fourth-order valence-corrected chi connectivity index (χ4v) is 4.06. The van der Waals surface area contributed by atoms with Gasteiger partial charge in [-0.2, -0.15) is 0 Å². The van der Waals surface area contributed by atoms with Gasteiger partial charge in [-0.1, -0.05) is 11.6 Å². The van der Waals surface area contributed by atoms with Crippen LogP contribution in [0.15, 0.2) is 18.2 Å². The fourth-order valence-electron chi connectivity index (χ4n) is 3.88. The molecule has 1 aliphatic carbocycles. The number of hydrogen-bond donors (Lipinski definition) is 4. The van der Waals surface area contributed by atoms with Crippen LogP contribution in [0.4, 0.5) is 5.69 Å². The lowest BCUT2D eigenvalue weighted by molar-refractivity contribution is -0.142. The SMILES string of the molecule is C[C@H](NC(=O)c1ccc(N)c(Cl)c1)C(=O)N1C[C@H]2C[C@H]2[C@H]1C(=O)N[C@H](C=O)CC(=O)O. The first kappa shape index (κ1) is 22.5. The van der Waals surface area contributed by atoms with Crippen molar-refractivity contribution in [3.05, 3.63) is 28.8 Å². The van der Waals surface area contributed by atoms with E-state index in [1.807, 2.05) is 0 Å². The van der Waals surface area contributed by atoms with E-state index in [0.29, 0.717) is 18.5 Å². The Morgan fingerprint density at radius 2 is 2.03 bits per heavy atom. The molecule has 1 heterocycles. The van der Waals surface area contributed by atoms with Gasteiger partial charge in [0, 0.05) is 12.1 Å². The van der Waals surface area contributed by atoms with E-state index >= 15 is 0 Å². The number of carboxylic acid groups (broad SMARTS) is 1. The van der Waals surface area contributed by atoms with E-state index in [0.717, 1.165) is 6.42 Å². The van der Waals surface area contributed by atoms with Crippen LogP contribution in [0.1, 0.15) is 30.1 Å². The van der Waals surface area contributed by atoms with Crippen molar-refractivity contribution in [1.82, 2.24) is 15.5 Å². The third-order valence-corrected chi connectivity index (χ3v) is 5.90. The number of carbonyl (C=O) groups is 5. The van der Waals surface area contributed by atoms with Gasteiger partial charge in [0.05, 0.1) is 23.2 Å². The molecule has 2 fully saturated rings. The number of carboxylic acids is 1. The zero-order chi connectivity index (χ0) is 22.9. The van der Waals surface area contributed by atoms with Crippen molar-refractivity contribution in [3.8, 4) is 0 Å². The molecule has 1 aliphatic heterocycles. The first-order valence-corrected chi connectivity index (χ1v) is 10.1. The molecule has 0 spiro atoms. The number of benzene rings is 1. The van der Waals surface area contributed by atoms with Gasteiger partial charge >= 0.3 is 5.97 Å². The topological polar surface area (TPSA) is 159 Å². The first-order valence-electron chi connectivity index (χ1n) is 9.76. The van der Waals surface area contributed by atoms with Crippen LogP contribution in [-0.4, -0.2) is 64.7 Å². The summed E-state index contributed by atoms with van der Waals surface area (Å²) in [5.74, 6) is -2.62. The summed E-state index contributed by atoms with van der Waals surface area (Å²) >= 11 is 5.93. The largest absolute Gasteiger partial charge is 0.481 e. The molecule has 166 valence electrons. The van der Waals surface area contributed by atoms with Gasteiger partial charge < -0.3 is 31.2 Å². The Morgan fingerprint density at radius 1 is 1.32 bits per heavy atom. The average molecular weight is 451 g/mol. The maximum atomic E-state index is 13.0. The minimum atomic E-state index is -1.22. The minimum Gasteiger partial charge on any atom is -0.481 e. The summed E-state index contributed by atoms with van der Waals surface area (Å²) in [6.45, 7) is 1.87. The summed E-state index contributed by atoms with van der Waals surface area (Å²) in [5, 5.41) is 14.1. The molecule has 11 heteroatoms. The maximum Gasteiger partial charge on any atom is 0.305 e. The molecule has 0 radical (unpaired) electrons. The van der Waals surface area contributed by atoms with Gasteiger partial charge in [0.2, 0.25) is 11.8 Å². The van der Waals surface area contributed by atoms with Gasteiger partial charge in [-0.25, -0.2) is 0 Å². The van der Waals surface area contributed by atoms with Crippen LogP contribution in [0.2, 0.25) is 5.02 Å². The van der Waals surface area contributed by atoms with Crippen molar-refractivity contribution in [3.63, 3.8) is 0 Å². The molecule has 5 N–H and O–H groups in total. The zero-order valence-electron chi connectivity index (χ0n) is 16.7. The number of anilines is 1. The quantitative estimate of drug-likeness (QED) is 0.321. The fraction of sp³-hybridized carbons (Fsp3) is 0.450. The number of nitrogens with zero attached hydrogens (tertiary/aromatic N) is 1.